The van der Waals surface area contributed by atoms with Crippen LogP contribution in [0.2, 0.25) is 0 Å². The molecule has 5 rings (SSSR count). The summed E-state index contributed by atoms with van der Waals surface area (Å²) in [6.07, 6.45) is 8.48. The fourth-order valence-corrected chi connectivity index (χ4v) is 4.20. The molecule has 0 atom stereocenters. The van der Waals surface area contributed by atoms with Crippen LogP contribution in [0.3, 0.4) is 0 Å². The number of H-pyrrole nitrogens is 2. The first-order valence-corrected chi connectivity index (χ1v) is 11.6. The number of carbonyl (C=O) groups is 1. The number of aromatic nitrogens is 5. The predicted octanol–water partition coefficient (Wildman–Crippen LogP) is 0.531. The third-order valence-electron chi connectivity index (χ3n) is 6.05. The van der Waals surface area contributed by atoms with Crippen molar-refractivity contribution in [1.82, 2.24) is 29.9 Å². The Morgan fingerprint density at radius 2 is 2.03 bits per heavy atom. The van der Waals surface area contributed by atoms with Gasteiger partial charge in [-0.05, 0) is 51.5 Å². The van der Waals surface area contributed by atoms with Gasteiger partial charge in [0.1, 0.15) is 11.5 Å². The Balaban J connectivity index is 1.40. The molecule has 0 bridgehead atoms. The molecule has 12 nitrogen and oxygen atoms in total. The van der Waals surface area contributed by atoms with Crippen LogP contribution in [0.1, 0.15) is 51.1 Å². The number of ether oxygens (including phenoxy) is 1. The molecule has 2 saturated carbocycles. The monoisotopic (exact) mass is 468 g/mol. The van der Waals surface area contributed by atoms with Gasteiger partial charge >= 0.3 is 11.8 Å². The highest BCUT2D eigenvalue weighted by molar-refractivity contribution is 5.67. The number of hydrogen-bond acceptors (Lipinski definition) is 8. The van der Waals surface area contributed by atoms with E-state index in [0.29, 0.717) is 34.8 Å². The number of anilines is 1. The molecule has 0 saturated heterocycles. The molecule has 2 fully saturated rings. The lowest BCUT2D eigenvalue weighted by Crippen LogP contribution is -2.40. The van der Waals surface area contributed by atoms with Crippen LogP contribution in [-0.2, 0) is 4.74 Å². The summed E-state index contributed by atoms with van der Waals surface area (Å²) in [5, 5.41) is 21.4. The molecular formula is C22H28N8O4. The Morgan fingerprint density at radius 3 is 2.71 bits per heavy atom. The second kappa shape index (κ2) is 9.20. The Bertz CT molecular complexity index is 1360. The van der Waals surface area contributed by atoms with Crippen LogP contribution >= 0.6 is 0 Å². The zero-order chi connectivity index (χ0) is 23.7. The van der Waals surface area contributed by atoms with Crippen molar-refractivity contribution in [3.05, 3.63) is 39.1 Å². The lowest BCUT2D eigenvalue weighted by Gasteiger charge is -2.29. The summed E-state index contributed by atoms with van der Waals surface area (Å²) in [6.45, 7) is 2.15. The van der Waals surface area contributed by atoms with E-state index in [4.69, 9.17) is 14.7 Å². The number of hydrogen-bond donors (Lipinski definition) is 5. The second-order valence-corrected chi connectivity index (χ2v) is 8.74. The van der Waals surface area contributed by atoms with Crippen molar-refractivity contribution in [3.63, 3.8) is 0 Å². The zero-order valence-electron chi connectivity index (χ0n) is 18.9. The molecule has 34 heavy (non-hydrogen) atoms. The van der Waals surface area contributed by atoms with Crippen LogP contribution in [0.4, 0.5) is 10.6 Å². The van der Waals surface area contributed by atoms with E-state index in [1.165, 1.54) is 0 Å². The minimum Gasteiger partial charge on any atom is -0.493 e. The van der Waals surface area contributed by atoms with Gasteiger partial charge in [-0.1, -0.05) is 0 Å². The highest BCUT2D eigenvalue weighted by Crippen LogP contribution is 2.23. The third-order valence-corrected chi connectivity index (χ3v) is 6.05. The SMILES string of the molecule is CCOC(=O)NC1CCC(Nc2cc(=NC3CC3)n3ncc(=Cc4[nH]c(=O)[nH]c4O)c3n2)CC1. The van der Waals surface area contributed by atoms with Gasteiger partial charge in [-0.3, -0.25) is 9.98 Å². The van der Waals surface area contributed by atoms with E-state index in [-0.39, 0.29) is 29.8 Å². The van der Waals surface area contributed by atoms with Gasteiger partial charge in [0, 0.05) is 23.4 Å². The Morgan fingerprint density at radius 1 is 1.26 bits per heavy atom. The third kappa shape index (κ3) is 4.90. The summed E-state index contributed by atoms with van der Waals surface area (Å²) in [7, 11) is 0. The molecule has 0 spiro atoms. The Labute approximate surface area is 194 Å². The van der Waals surface area contributed by atoms with Gasteiger partial charge in [0.25, 0.3) is 0 Å². The molecule has 180 valence electrons. The quantitative estimate of drug-likeness (QED) is 0.352. The second-order valence-electron chi connectivity index (χ2n) is 8.74. The molecule has 3 heterocycles. The summed E-state index contributed by atoms with van der Waals surface area (Å²) in [6, 6.07) is 2.52. The molecule has 0 aromatic carbocycles. The average molecular weight is 469 g/mol. The first-order valence-electron chi connectivity index (χ1n) is 11.6. The molecule has 3 aromatic rings. The van der Waals surface area contributed by atoms with Crippen molar-refractivity contribution >= 4 is 23.6 Å². The van der Waals surface area contributed by atoms with Crippen molar-refractivity contribution in [1.29, 1.82) is 0 Å². The van der Waals surface area contributed by atoms with E-state index in [2.05, 4.69) is 25.7 Å². The van der Waals surface area contributed by atoms with Crippen molar-refractivity contribution < 1.29 is 14.6 Å². The number of fused-ring (bicyclic) bond motifs is 1. The summed E-state index contributed by atoms with van der Waals surface area (Å²) in [5.41, 5.74) is 1.05. The Kier molecular flexibility index (Phi) is 5.95. The van der Waals surface area contributed by atoms with E-state index >= 15 is 0 Å². The minimum atomic E-state index is -0.493. The molecular weight excluding hydrogens is 440 g/mol. The molecule has 2 aliphatic rings. The largest absolute Gasteiger partial charge is 0.493 e. The fourth-order valence-electron chi connectivity index (χ4n) is 4.20. The topological polar surface area (TPSA) is 162 Å². The molecule has 1 amide bonds. The first-order chi connectivity index (χ1) is 16.5. The number of nitrogens with one attached hydrogen (secondary N) is 4. The van der Waals surface area contributed by atoms with Gasteiger partial charge in [-0.15, -0.1) is 0 Å². The van der Waals surface area contributed by atoms with E-state index in [0.717, 1.165) is 38.5 Å². The van der Waals surface area contributed by atoms with Gasteiger partial charge in [0.05, 0.1) is 18.8 Å². The maximum absolute atomic E-state index is 11.7. The highest BCUT2D eigenvalue weighted by atomic mass is 16.5. The van der Waals surface area contributed by atoms with Crippen molar-refractivity contribution in [2.24, 2.45) is 4.99 Å². The molecule has 0 unspecified atom stereocenters. The van der Waals surface area contributed by atoms with Gasteiger partial charge in [-0.2, -0.15) is 9.61 Å². The summed E-state index contributed by atoms with van der Waals surface area (Å²) < 4.78 is 6.66. The lowest BCUT2D eigenvalue weighted by molar-refractivity contribution is 0.144. The number of rotatable bonds is 6. The highest BCUT2D eigenvalue weighted by Gasteiger charge is 2.24. The van der Waals surface area contributed by atoms with Crippen molar-refractivity contribution in [2.45, 2.75) is 63.6 Å². The lowest BCUT2D eigenvalue weighted by atomic mass is 9.91. The van der Waals surface area contributed by atoms with Crippen molar-refractivity contribution in [2.75, 3.05) is 11.9 Å². The number of imidazole rings is 1. The van der Waals surface area contributed by atoms with Crippen LogP contribution < -0.4 is 27.0 Å². The maximum atomic E-state index is 11.7. The van der Waals surface area contributed by atoms with Gasteiger partial charge in [-0.25, -0.2) is 14.6 Å². The number of nitrogens with zero attached hydrogens (tertiary/aromatic N) is 4. The minimum absolute atomic E-state index is 0.111. The molecule has 5 N–H and O–H groups in total. The van der Waals surface area contributed by atoms with E-state index in [1.807, 2.05) is 6.07 Å². The molecule has 12 heteroatoms. The van der Waals surface area contributed by atoms with Crippen LogP contribution in [0.25, 0.3) is 11.7 Å². The van der Waals surface area contributed by atoms with Crippen LogP contribution in [-0.4, -0.2) is 60.5 Å². The number of amides is 1. The maximum Gasteiger partial charge on any atom is 0.407 e. The number of carbonyl (C=O) groups excluding carboxylic acids is 1. The normalized spacial score (nSPS) is 21.7. The fraction of sp³-hybridized carbons (Fsp3) is 0.500. The van der Waals surface area contributed by atoms with E-state index in [9.17, 15) is 14.7 Å². The van der Waals surface area contributed by atoms with E-state index < -0.39 is 5.69 Å². The predicted molar refractivity (Wildman–Crippen MR) is 123 cm³/mol. The smallest absolute Gasteiger partial charge is 0.407 e. The number of aromatic hydroxyl groups is 1. The standard InChI is InChI=1S/C22H28N8O4/c1-2-34-22(33)26-15-7-3-13(4-8-15)24-17-10-18(25-14-5-6-14)30-19(28-17)12(11-23-30)9-16-20(31)29-21(32)27-16/h9-11,13-15,24,31H,2-8H2,1H3,(H,26,33)(H2,27,29,32). The summed E-state index contributed by atoms with van der Waals surface area (Å²) in [5.74, 6) is 0.449. The summed E-state index contributed by atoms with van der Waals surface area (Å²) in [4.78, 5) is 37.6. The molecule has 0 radical (unpaired) electrons. The molecule has 2 aliphatic carbocycles. The van der Waals surface area contributed by atoms with Gasteiger partial charge in [0.2, 0.25) is 5.88 Å². The van der Waals surface area contributed by atoms with Gasteiger partial charge < -0.3 is 25.5 Å². The van der Waals surface area contributed by atoms with E-state index in [1.54, 1.807) is 23.7 Å². The Hall–Kier alpha value is -3.83. The average Bonchev–Trinajstić information content (AvgIpc) is 3.44. The number of aromatic amines is 2. The summed E-state index contributed by atoms with van der Waals surface area (Å²) >= 11 is 0. The number of alkyl carbamates (subject to hydrolysis) is 1. The molecule has 0 aliphatic heterocycles. The van der Waals surface area contributed by atoms with Crippen LogP contribution in [0, 0.1) is 0 Å². The molecule has 3 aromatic heterocycles. The zero-order valence-corrected chi connectivity index (χ0v) is 18.9. The van der Waals surface area contributed by atoms with Crippen LogP contribution in [0.5, 0.6) is 5.88 Å². The van der Waals surface area contributed by atoms with Crippen LogP contribution in [0.15, 0.2) is 22.1 Å². The van der Waals surface area contributed by atoms with Gasteiger partial charge in [0.15, 0.2) is 11.1 Å². The van der Waals surface area contributed by atoms with Crippen molar-refractivity contribution in [3.8, 4) is 5.88 Å². The first kappa shape index (κ1) is 22.0.